The first kappa shape index (κ1) is 20.2. The minimum Gasteiger partial charge on any atom is -1.00 e. The Morgan fingerprint density at radius 1 is 0.800 bits per heavy atom. The van der Waals surface area contributed by atoms with Crippen molar-refractivity contribution in [3.05, 3.63) is 0 Å². The minimum atomic E-state index is 0. The van der Waals surface area contributed by atoms with Crippen LogP contribution in [0.1, 0.15) is 91.9 Å². The molecule has 0 N–H and O–H groups in total. The van der Waals surface area contributed by atoms with Gasteiger partial charge in [-0.15, -0.1) is 0 Å². The Hall–Kier alpha value is 0.250. The third-order valence-corrected chi connectivity index (χ3v) is 5.50. The fourth-order valence-electron chi connectivity index (χ4n) is 4.08. The predicted octanol–water partition coefficient (Wildman–Crippen LogP) is 2.54. The molecule has 2 heteroatoms. The van der Waals surface area contributed by atoms with E-state index < -0.39 is 0 Å². The fraction of sp³-hybridized carbons (Fsp3) is 1.00. The van der Waals surface area contributed by atoms with E-state index in [2.05, 4.69) is 27.7 Å². The van der Waals surface area contributed by atoms with Crippen molar-refractivity contribution in [2.75, 3.05) is 19.6 Å². The molecule has 20 heavy (non-hydrogen) atoms. The molecule has 0 atom stereocenters. The van der Waals surface area contributed by atoms with E-state index in [4.69, 9.17) is 0 Å². The van der Waals surface area contributed by atoms with Gasteiger partial charge in [0.1, 0.15) is 0 Å². The van der Waals surface area contributed by atoms with Gasteiger partial charge in [0.2, 0.25) is 0 Å². The van der Waals surface area contributed by atoms with E-state index in [1.165, 1.54) is 88.3 Å². The number of rotatable bonds is 9. The van der Waals surface area contributed by atoms with Gasteiger partial charge in [0.15, 0.2) is 0 Å². The van der Waals surface area contributed by atoms with Gasteiger partial charge in [-0.2, -0.15) is 0 Å². The smallest absolute Gasteiger partial charge is 0.0935 e. The fourth-order valence-corrected chi connectivity index (χ4v) is 4.08. The quantitative estimate of drug-likeness (QED) is 0.454. The highest BCUT2D eigenvalue weighted by atomic mass is 35.5. The van der Waals surface area contributed by atoms with Gasteiger partial charge in [-0.05, 0) is 46.0 Å². The number of piperidine rings is 1. The summed E-state index contributed by atoms with van der Waals surface area (Å²) < 4.78 is 1.41. The molecule has 0 aromatic heterocycles. The lowest BCUT2D eigenvalue weighted by Crippen LogP contribution is -3.00. The summed E-state index contributed by atoms with van der Waals surface area (Å²) in [6.07, 6.45) is 14.3. The van der Waals surface area contributed by atoms with Crippen LogP contribution in [0.25, 0.3) is 0 Å². The molecule has 1 rings (SSSR count). The Balaban J connectivity index is 0.00000361. The third kappa shape index (κ3) is 5.56. The molecular formula is C18H38ClN. The molecule has 0 aromatic rings. The first-order valence-electron chi connectivity index (χ1n) is 8.94. The zero-order chi connectivity index (χ0) is 14.2. The van der Waals surface area contributed by atoms with Crippen molar-refractivity contribution in [1.82, 2.24) is 0 Å². The zero-order valence-corrected chi connectivity index (χ0v) is 15.3. The van der Waals surface area contributed by atoms with Crippen LogP contribution in [0, 0.1) is 0 Å². The van der Waals surface area contributed by atoms with Gasteiger partial charge in [0, 0.05) is 6.42 Å². The van der Waals surface area contributed by atoms with Crippen LogP contribution >= 0.6 is 0 Å². The molecule has 1 nitrogen and oxygen atoms in total. The van der Waals surface area contributed by atoms with Crippen molar-refractivity contribution < 1.29 is 16.9 Å². The normalized spacial score (nSPS) is 18.6. The Morgan fingerprint density at radius 3 is 1.95 bits per heavy atom. The second-order valence-corrected chi connectivity index (χ2v) is 7.35. The third-order valence-electron chi connectivity index (χ3n) is 5.50. The lowest BCUT2D eigenvalue weighted by atomic mass is 9.87. The van der Waals surface area contributed by atoms with Crippen molar-refractivity contribution >= 4 is 0 Å². The second-order valence-electron chi connectivity index (χ2n) is 7.35. The van der Waals surface area contributed by atoms with Crippen LogP contribution in [0.3, 0.4) is 0 Å². The molecule has 0 aliphatic carbocycles. The predicted molar refractivity (Wildman–Crippen MR) is 86.5 cm³/mol. The minimum absolute atomic E-state index is 0. The molecule has 1 heterocycles. The average molecular weight is 304 g/mol. The van der Waals surface area contributed by atoms with Gasteiger partial charge in [0.05, 0.1) is 25.2 Å². The highest BCUT2D eigenvalue weighted by molar-refractivity contribution is 4.74. The van der Waals surface area contributed by atoms with E-state index in [9.17, 15) is 0 Å². The average Bonchev–Trinajstić information content (AvgIpc) is 2.40. The van der Waals surface area contributed by atoms with Crippen LogP contribution in [0.2, 0.25) is 0 Å². The molecule has 1 saturated heterocycles. The monoisotopic (exact) mass is 303 g/mol. The van der Waals surface area contributed by atoms with Crippen LogP contribution in [0.4, 0.5) is 0 Å². The summed E-state index contributed by atoms with van der Waals surface area (Å²) in [5, 5.41) is 0. The standard InChI is InChI=1S/C18H38N.ClH/c1-5-7-8-9-11-14-18(3,4)19(15-6-2)16-12-10-13-17-19;/h5-17H2,1-4H3;1H/q+1;/p-1. The topological polar surface area (TPSA) is 0 Å². The molecular weight excluding hydrogens is 266 g/mol. The van der Waals surface area contributed by atoms with E-state index in [1.807, 2.05) is 0 Å². The Labute approximate surface area is 134 Å². The maximum atomic E-state index is 2.55. The van der Waals surface area contributed by atoms with E-state index in [1.54, 1.807) is 0 Å². The molecule has 0 bridgehead atoms. The maximum Gasteiger partial charge on any atom is 0.0935 e. The molecule has 0 spiro atoms. The molecule has 122 valence electrons. The van der Waals surface area contributed by atoms with Crippen molar-refractivity contribution in [1.29, 1.82) is 0 Å². The maximum absolute atomic E-state index is 2.55. The summed E-state index contributed by atoms with van der Waals surface area (Å²) in [5.41, 5.74) is 0.503. The number of hydrogen-bond acceptors (Lipinski definition) is 0. The zero-order valence-electron chi connectivity index (χ0n) is 14.5. The van der Waals surface area contributed by atoms with Gasteiger partial charge >= 0.3 is 0 Å². The van der Waals surface area contributed by atoms with E-state index in [-0.39, 0.29) is 12.4 Å². The first-order chi connectivity index (χ1) is 9.08. The van der Waals surface area contributed by atoms with Crippen LogP contribution in [0.5, 0.6) is 0 Å². The number of nitrogens with zero attached hydrogens (tertiary/aromatic N) is 1. The Morgan fingerprint density at radius 2 is 1.40 bits per heavy atom. The lowest BCUT2D eigenvalue weighted by Gasteiger charge is -2.53. The highest BCUT2D eigenvalue weighted by Crippen LogP contribution is 2.34. The van der Waals surface area contributed by atoms with Gasteiger partial charge in [-0.3, -0.25) is 0 Å². The molecule has 0 saturated carbocycles. The summed E-state index contributed by atoms with van der Waals surface area (Å²) in [6.45, 7) is 14.1. The van der Waals surface area contributed by atoms with Crippen LogP contribution in [0.15, 0.2) is 0 Å². The van der Waals surface area contributed by atoms with E-state index in [0.717, 1.165) is 0 Å². The summed E-state index contributed by atoms with van der Waals surface area (Å²) in [6, 6.07) is 0. The Kier molecular flexibility index (Phi) is 10.2. The van der Waals surface area contributed by atoms with Gasteiger partial charge in [-0.25, -0.2) is 0 Å². The summed E-state index contributed by atoms with van der Waals surface area (Å²) in [5.74, 6) is 0. The molecule has 0 radical (unpaired) electrons. The number of likely N-dealkylation sites (tertiary alicyclic amines) is 1. The molecule has 1 aliphatic rings. The lowest BCUT2D eigenvalue weighted by molar-refractivity contribution is -0.977. The SMILES string of the molecule is CCCCCCCC(C)(C)[N+]1(CCC)CCCCC1.[Cl-]. The van der Waals surface area contributed by atoms with E-state index in [0.29, 0.717) is 5.54 Å². The Bertz CT molecular complexity index is 226. The molecule has 0 amide bonds. The van der Waals surface area contributed by atoms with Crippen LogP contribution in [-0.4, -0.2) is 29.7 Å². The van der Waals surface area contributed by atoms with Gasteiger partial charge in [0.25, 0.3) is 0 Å². The number of unbranched alkanes of at least 4 members (excludes halogenated alkanes) is 4. The number of quaternary nitrogens is 1. The van der Waals surface area contributed by atoms with Crippen molar-refractivity contribution in [3.63, 3.8) is 0 Å². The van der Waals surface area contributed by atoms with Gasteiger partial charge < -0.3 is 16.9 Å². The molecule has 1 aliphatic heterocycles. The van der Waals surface area contributed by atoms with Crippen molar-refractivity contribution in [3.8, 4) is 0 Å². The molecule has 0 unspecified atom stereocenters. The molecule has 1 fully saturated rings. The summed E-state index contributed by atoms with van der Waals surface area (Å²) in [4.78, 5) is 0. The van der Waals surface area contributed by atoms with Crippen molar-refractivity contribution in [2.45, 2.75) is 97.4 Å². The highest BCUT2D eigenvalue weighted by Gasteiger charge is 2.43. The number of halogens is 1. The van der Waals surface area contributed by atoms with Crippen LogP contribution in [-0.2, 0) is 0 Å². The second kappa shape index (κ2) is 10.1. The van der Waals surface area contributed by atoms with Crippen molar-refractivity contribution in [2.24, 2.45) is 0 Å². The summed E-state index contributed by atoms with van der Waals surface area (Å²) in [7, 11) is 0. The van der Waals surface area contributed by atoms with E-state index >= 15 is 0 Å². The number of hydrogen-bond donors (Lipinski definition) is 0. The summed E-state index contributed by atoms with van der Waals surface area (Å²) >= 11 is 0. The largest absolute Gasteiger partial charge is 1.00 e. The van der Waals surface area contributed by atoms with Gasteiger partial charge in [-0.1, -0.05) is 39.5 Å². The first-order valence-corrected chi connectivity index (χ1v) is 8.94. The molecule has 0 aromatic carbocycles. The van der Waals surface area contributed by atoms with Crippen LogP contribution < -0.4 is 12.4 Å².